The molecule has 0 bridgehead atoms. The topological polar surface area (TPSA) is 111 Å². The molecule has 0 aliphatic heterocycles. The number of carbonyl (C=O) groups is 2. The lowest BCUT2D eigenvalue weighted by Crippen LogP contribution is -2.15. The van der Waals surface area contributed by atoms with E-state index in [1.54, 1.807) is 18.2 Å². The summed E-state index contributed by atoms with van der Waals surface area (Å²) in [6.07, 6.45) is -0.365. The molecule has 0 fully saturated rings. The lowest BCUT2D eigenvalue weighted by Gasteiger charge is -2.08. The molecular weight excluding hydrogens is 437 g/mol. The predicted molar refractivity (Wildman–Crippen MR) is 126 cm³/mol. The zero-order valence-corrected chi connectivity index (χ0v) is 18.1. The Bertz CT molecular complexity index is 1200. The number of hydrogen-bond acceptors (Lipinski definition) is 6. The van der Waals surface area contributed by atoms with Gasteiger partial charge in [0, 0.05) is 22.9 Å². The van der Waals surface area contributed by atoms with Crippen molar-refractivity contribution in [1.82, 2.24) is 4.98 Å². The van der Waals surface area contributed by atoms with Crippen molar-refractivity contribution in [2.45, 2.75) is 6.42 Å². The van der Waals surface area contributed by atoms with Crippen LogP contribution in [0.2, 0.25) is 0 Å². The van der Waals surface area contributed by atoms with Gasteiger partial charge in [-0.25, -0.2) is 14.6 Å². The summed E-state index contributed by atoms with van der Waals surface area (Å²) in [7, 11) is 0. The minimum absolute atomic E-state index is 0.0595. The number of rotatable bonds is 9. The number of aromatic nitrogens is 1. The van der Waals surface area contributed by atoms with Gasteiger partial charge in [0.1, 0.15) is 18.1 Å². The summed E-state index contributed by atoms with van der Waals surface area (Å²) < 4.78 is 16.4. The van der Waals surface area contributed by atoms with E-state index in [9.17, 15) is 9.59 Å². The van der Waals surface area contributed by atoms with Crippen molar-refractivity contribution in [3.8, 4) is 28.3 Å². The number of carboxylic acid groups (broad SMARTS) is 1. The van der Waals surface area contributed by atoms with Crippen LogP contribution in [-0.4, -0.2) is 35.4 Å². The number of oxazole rings is 1. The third-order valence-corrected chi connectivity index (χ3v) is 4.75. The molecule has 0 aliphatic rings. The second-order valence-corrected chi connectivity index (χ2v) is 7.24. The number of carbonyl (C=O) groups excluding carboxylic acids is 1. The summed E-state index contributed by atoms with van der Waals surface area (Å²) in [6.45, 7) is -0.413. The summed E-state index contributed by atoms with van der Waals surface area (Å²) in [5, 5.41) is 11.3. The smallest absolute Gasteiger partial charge is 0.411 e. The van der Waals surface area contributed by atoms with E-state index in [0.29, 0.717) is 29.5 Å². The Morgan fingerprint density at radius 1 is 0.912 bits per heavy atom. The molecule has 34 heavy (non-hydrogen) atoms. The van der Waals surface area contributed by atoms with Crippen LogP contribution in [0, 0.1) is 0 Å². The van der Waals surface area contributed by atoms with Crippen LogP contribution in [0.1, 0.15) is 5.89 Å². The molecule has 8 heteroatoms. The second-order valence-electron chi connectivity index (χ2n) is 7.24. The first-order valence-electron chi connectivity index (χ1n) is 10.6. The van der Waals surface area contributed by atoms with E-state index in [1.807, 2.05) is 60.7 Å². The van der Waals surface area contributed by atoms with Crippen LogP contribution in [0.15, 0.2) is 89.3 Å². The second kappa shape index (κ2) is 10.8. The quantitative estimate of drug-likeness (QED) is 0.328. The molecule has 3 aromatic carbocycles. The molecule has 0 unspecified atom stereocenters. The van der Waals surface area contributed by atoms with Crippen LogP contribution in [0.25, 0.3) is 22.6 Å². The molecule has 0 saturated carbocycles. The van der Waals surface area contributed by atoms with Crippen molar-refractivity contribution >= 4 is 17.7 Å². The number of carboxylic acids is 1. The molecule has 0 aliphatic carbocycles. The first-order chi connectivity index (χ1) is 16.6. The average Bonchev–Trinajstić information content (AvgIpc) is 3.28. The fraction of sp³-hybridized carbons (Fsp3) is 0.115. The first kappa shape index (κ1) is 22.6. The monoisotopic (exact) mass is 459 g/mol. The number of aliphatic carboxylic acids is 1. The molecule has 8 nitrogen and oxygen atoms in total. The zero-order valence-electron chi connectivity index (χ0n) is 18.1. The average molecular weight is 459 g/mol. The van der Waals surface area contributed by atoms with Crippen LogP contribution in [0.5, 0.6) is 5.75 Å². The van der Waals surface area contributed by atoms with Crippen molar-refractivity contribution in [2.75, 3.05) is 18.5 Å². The van der Waals surface area contributed by atoms with Gasteiger partial charge in [-0.1, -0.05) is 66.7 Å². The largest absolute Gasteiger partial charge is 0.482 e. The molecule has 0 saturated heterocycles. The molecular formula is C26H22N2O6. The van der Waals surface area contributed by atoms with Gasteiger partial charge in [-0.3, -0.25) is 5.32 Å². The number of benzene rings is 3. The van der Waals surface area contributed by atoms with Gasteiger partial charge in [0.15, 0.2) is 18.3 Å². The van der Waals surface area contributed by atoms with Gasteiger partial charge in [-0.05, 0) is 12.1 Å². The van der Waals surface area contributed by atoms with Crippen LogP contribution < -0.4 is 10.1 Å². The van der Waals surface area contributed by atoms with Crippen LogP contribution in [0.3, 0.4) is 0 Å². The Morgan fingerprint density at radius 3 is 2.32 bits per heavy atom. The minimum atomic E-state index is -1.09. The molecule has 0 radical (unpaired) electrons. The Balaban J connectivity index is 1.38. The van der Waals surface area contributed by atoms with E-state index in [4.69, 9.17) is 19.0 Å². The molecule has 0 spiro atoms. The summed E-state index contributed by atoms with van der Waals surface area (Å²) >= 11 is 0. The fourth-order valence-corrected chi connectivity index (χ4v) is 3.24. The van der Waals surface area contributed by atoms with E-state index in [-0.39, 0.29) is 6.61 Å². The van der Waals surface area contributed by atoms with Crippen molar-refractivity contribution < 1.29 is 28.6 Å². The van der Waals surface area contributed by atoms with Crippen molar-refractivity contribution in [1.29, 1.82) is 0 Å². The van der Waals surface area contributed by atoms with Gasteiger partial charge in [-0.2, -0.15) is 0 Å². The van der Waals surface area contributed by atoms with Crippen LogP contribution >= 0.6 is 0 Å². The van der Waals surface area contributed by atoms with Crippen molar-refractivity contribution in [2.24, 2.45) is 0 Å². The van der Waals surface area contributed by atoms with E-state index in [0.717, 1.165) is 16.8 Å². The number of hydrogen-bond donors (Lipinski definition) is 2. The van der Waals surface area contributed by atoms with Gasteiger partial charge in [0.05, 0.1) is 6.42 Å². The highest BCUT2D eigenvalue weighted by Crippen LogP contribution is 2.32. The summed E-state index contributed by atoms with van der Waals surface area (Å²) in [6, 6.07) is 25.8. The Morgan fingerprint density at radius 2 is 1.62 bits per heavy atom. The van der Waals surface area contributed by atoms with Gasteiger partial charge >= 0.3 is 12.1 Å². The molecule has 1 heterocycles. The first-order valence-corrected chi connectivity index (χ1v) is 10.6. The lowest BCUT2D eigenvalue weighted by molar-refractivity contribution is -0.139. The highest BCUT2D eigenvalue weighted by Gasteiger charge is 2.17. The third kappa shape index (κ3) is 6.01. The van der Waals surface area contributed by atoms with Gasteiger partial charge in [0.2, 0.25) is 0 Å². The van der Waals surface area contributed by atoms with Gasteiger partial charge < -0.3 is 19.0 Å². The van der Waals surface area contributed by atoms with Crippen LogP contribution in [-0.2, 0) is 16.0 Å². The maximum absolute atomic E-state index is 12.2. The van der Waals surface area contributed by atoms with Crippen molar-refractivity contribution in [3.63, 3.8) is 0 Å². The fourth-order valence-electron chi connectivity index (χ4n) is 3.24. The molecule has 4 rings (SSSR count). The maximum Gasteiger partial charge on any atom is 0.411 e. The Kier molecular flexibility index (Phi) is 7.19. The Hall–Kier alpha value is -4.59. The van der Waals surface area contributed by atoms with E-state index in [2.05, 4.69) is 10.3 Å². The molecule has 0 atom stereocenters. The Labute approximate surface area is 195 Å². The number of ether oxygens (including phenoxy) is 2. The standard InChI is InChI=1S/C26H22N2O6/c29-23(30)17-33-21-13-7-12-20(16-21)27-26(31)32-15-14-22-28-24(18-8-3-1-4-9-18)25(34-22)19-10-5-2-6-11-19/h1-13,16H,14-15,17H2,(H,27,31)(H,29,30)/i23+1. The number of amides is 1. The molecule has 2 N–H and O–H groups in total. The summed E-state index contributed by atoms with van der Waals surface area (Å²) in [5.41, 5.74) is 2.98. The van der Waals surface area contributed by atoms with Gasteiger partial charge in [-0.15, -0.1) is 0 Å². The molecule has 1 aromatic heterocycles. The minimum Gasteiger partial charge on any atom is -0.482 e. The number of nitrogens with zero attached hydrogens (tertiary/aromatic N) is 1. The molecule has 172 valence electrons. The zero-order chi connectivity index (χ0) is 23.8. The van der Waals surface area contributed by atoms with Crippen LogP contribution in [0.4, 0.5) is 10.5 Å². The molecule has 1 amide bonds. The highest BCUT2D eigenvalue weighted by molar-refractivity contribution is 5.84. The van der Waals surface area contributed by atoms with E-state index in [1.165, 1.54) is 6.07 Å². The SMILES string of the molecule is O=C(Nc1cccc(OC[13C](=O)O)c1)OCCc1nc(-c2ccccc2)c(-c2ccccc2)o1. The normalized spacial score (nSPS) is 10.5. The van der Waals surface area contributed by atoms with E-state index >= 15 is 0 Å². The highest BCUT2D eigenvalue weighted by atomic mass is 16.6. The van der Waals surface area contributed by atoms with E-state index < -0.39 is 18.7 Å². The maximum atomic E-state index is 12.2. The lowest BCUT2D eigenvalue weighted by atomic mass is 10.1. The summed E-state index contributed by atoms with van der Waals surface area (Å²) in [4.78, 5) is 27.4. The van der Waals surface area contributed by atoms with Crippen molar-refractivity contribution in [3.05, 3.63) is 90.8 Å². The third-order valence-electron chi connectivity index (χ3n) is 4.75. The molecule has 4 aromatic rings. The number of anilines is 1. The van der Waals surface area contributed by atoms with Gasteiger partial charge in [0.25, 0.3) is 0 Å². The predicted octanol–water partition coefficient (Wildman–Crippen LogP) is 5.26. The number of nitrogens with one attached hydrogen (secondary N) is 1. The summed E-state index contributed by atoms with van der Waals surface area (Å²) in [5.74, 6) is 0.344.